The number of rotatable bonds is 2. The standard InChI is InChI=1S/C12H9F3N4O3/c13-12(14,15)11(22)16-9-6-1-2-19-4-5(10(20)21)3-7(19)8(6)17-18-9/h3-4H,1-2H2,(H,20,21)(H2,16,17,18,22). The highest BCUT2D eigenvalue weighted by atomic mass is 19.4. The van der Waals surface area contributed by atoms with Crippen molar-refractivity contribution in [1.82, 2.24) is 14.8 Å². The maximum atomic E-state index is 12.3. The van der Waals surface area contributed by atoms with E-state index in [4.69, 9.17) is 5.11 Å². The molecule has 0 spiro atoms. The summed E-state index contributed by atoms with van der Waals surface area (Å²) in [5.74, 6) is -3.40. The van der Waals surface area contributed by atoms with Gasteiger partial charge < -0.3 is 15.0 Å². The van der Waals surface area contributed by atoms with Crippen LogP contribution in [0.25, 0.3) is 11.4 Å². The Kier molecular flexibility index (Phi) is 2.97. The SMILES string of the molecule is O=C(O)c1cc2n(c1)CCc1c(NC(=O)C(F)(F)F)n[nH]c1-2. The summed E-state index contributed by atoms with van der Waals surface area (Å²) in [4.78, 5) is 22.0. The Morgan fingerprint density at radius 3 is 2.77 bits per heavy atom. The van der Waals surface area contributed by atoms with Gasteiger partial charge in [-0.15, -0.1) is 0 Å². The van der Waals surface area contributed by atoms with Crippen molar-refractivity contribution in [2.45, 2.75) is 19.1 Å². The number of aromatic carboxylic acids is 1. The molecular formula is C12H9F3N4O3. The molecule has 7 nitrogen and oxygen atoms in total. The predicted octanol–water partition coefficient (Wildman–Crippen LogP) is 1.63. The highest BCUT2D eigenvalue weighted by Crippen LogP contribution is 2.33. The molecule has 0 aromatic carbocycles. The fourth-order valence-electron chi connectivity index (χ4n) is 2.36. The molecule has 0 unspecified atom stereocenters. The minimum absolute atomic E-state index is 0.0679. The summed E-state index contributed by atoms with van der Waals surface area (Å²) in [5.41, 5.74) is 1.38. The number of carboxylic acid groups (broad SMARTS) is 1. The number of H-pyrrole nitrogens is 1. The van der Waals surface area contributed by atoms with Gasteiger partial charge in [0.25, 0.3) is 0 Å². The molecule has 0 radical (unpaired) electrons. The Morgan fingerprint density at radius 1 is 1.41 bits per heavy atom. The van der Waals surface area contributed by atoms with E-state index in [1.807, 2.05) is 0 Å². The maximum Gasteiger partial charge on any atom is 0.471 e. The Bertz CT molecular complexity index is 775. The van der Waals surface area contributed by atoms with E-state index in [0.29, 0.717) is 29.9 Å². The first kappa shape index (κ1) is 14.2. The third-order valence-electron chi connectivity index (χ3n) is 3.36. The quantitative estimate of drug-likeness (QED) is 0.784. The number of hydrogen-bond acceptors (Lipinski definition) is 3. The largest absolute Gasteiger partial charge is 0.478 e. The Balaban J connectivity index is 1.96. The Labute approximate surface area is 120 Å². The number of carboxylic acids is 1. The summed E-state index contributed by atoms with van der Waals surface area (Å²) >= 11 is 0. The van der Waals surface area contributed by atoms with Gasteiger partial charge in [0.05, 0.1) is 17.0 Å². The van der Waals surface area contributed by atoms with Gasteiger partial charge in [0.1, 0.15) is 0 Å². The molecule has 0 saturated carbocycles. The number of hydrogen-bond donors (Lipinski definition) is 3. The van der Waals surface area contributed by atoms with Crippen molar-refractivity contribution in [3.05, 3.63) is 23.4 Å². The predicted molar refractivity (Wildman–Crippen MR) is 67.4 cm³/mol. The van der Waals surface area contributed by atoms with Crippen molar-refractivity contribution in [3.63, 3.8) is 0 Å². The monoisotopic (exact) mass is 314 g/mol. The molecule has 0 bridgehead atoms. The molecule has 1 aliphatic heterocycles. The summed E-state index contributed by atoms with van der Waals surface area (Å²) < 4.78 is 38.5. The van der Waals surface area contributed by atoms with Gasteiger partial charge >= 0.3 is 18.1 Å². The molecular weight excluding hydrogens is 305 g/mol. The molecule has 2 aromatic heterocycles. The molecule has 2 aromatic rings. The van der Waals surface area contributed by atoms with Crippen molar-refractivity contribution in [2.75, 3.05) is 5.32 Å². The zero-order chi connectivity index (χ0) is 16.1. The number of aromatic nitrogens is 3. The Hall–Kier alpha value is -2.78. The normalized spacial score (nSPS) is 13.4. The van der Waals surface area contributed by atoms with Gasteiger partial charge in [0.15, 0.2) is 5.82 Å². The number of aromatic amines is 1. The molecule has 22 heavy (non-hydrogen) atoms. The second-order valence-electron chi connectivity index (χ2n) is 4.74. The molecule has 1 aliphatic rings. The third kappa shape index (κ3) is 2.22. The van der Waals surface area contributed by atoms with Crippen LogP contribution in [0.15, 0.2) is 12.3 Å². The van der Waals surface area contributed by atoms with Crippen molar-refractivity contribution >= 4 is 17.7 Å². The molecule has 0 aliphatic carbocycles. The summed E-state index contributed by atoms with van der Waals surface area (Å²) in [6.07, 6.45) is -3.24. The first-order valence-corrected chi connectivity index (χ1v) is 6.16. The summed E-state index contributed by atoms with van der Waals surface area (Å²) in [6.45, 7) is 0.379. The number of amides is 1. The average Bonchev–Trinajstić information content (AvgIpc) is 3.00. The lowest BCUT2D eigenvalue weighted by atomic mass is 10.1. The van der Waals surface area contributed by atoms with Crippen LogP contribution in [0.2, 0.25) is 0 Å². The average molecular weight is 314 g/mol. The topological polar surface area (TPSA) is 100 Å². The first-order valence-electron chi connectivity index (χ1n) is 6.16. The van der Waals surface area contributed by atoms with Gasteiger partial charge in [0, 0.05) is 18.3 Å². The van der Waals surface area contributed by atoms with E-state index >= 15 is 0 Å². The second kappa shape index (κ2) is 4.61. The lowest BCUT2D eigenvalue weighted by molar-refractivity contribution is -0.167. The molecule has 0 saturated heterocycles. The molecule has 1 amide bonds. The Morgan fingerprint density at radius 2 is 2.14 bits per heavy atom. The van der Waals surface area contributed by atoms with Crippen LogP contribution in [-0.4, -0.2) is 37.9 Å². The number of carbonyl (C=O) groups excluding carboxylic acids is 1. The van der Waals surface area contributed by atoms with Gasteiger partial charge in [-0.1, -0.05) is 0 Å². The molecule has 10 heteroatoms. The number of nitrogens with one attached hydrogen (secondary N) is 2. The number of nitrogens with zero attached hydrogens (tertiary/aromatic N) is 2. The van der Waals surface area contributed by atoms with Crippen LogP contribution in [0.1, 0.15) is 15.9 Å². The van der Waals surface area contributed by atoms with Crippen molar-refractivity contribution in [1.29, 1.82) is 0 Å². The fraction of sp³-hybridized carbons (Fsp3) is 0.250. The number of aryl methyl sites for hydroxylation is 1. The summed E-state index contributed by atoms with van der Waals surface area (Å²) in [7, 11) is 0. The maximum absolute atomic E-state index is 12.3. The smallest absolute Gasteiger partial charge is 0.471 e. The van der Waals surface area contributed by atoms with Gasteiger partial charge in [0.2, 0.25) is 0 Å². The van der Waals surface area contributed by atoms with E-state index in [1.165, 1.54) is 12.3 Å². The van der Waals surface area contributed by atoms with E-state index in [0.717, 1.165) is 0 Å². The third-order valence-corrected chi connectivity index (χ3v) is 3.36. The minimum Gasteiger partial charge on any atom is -0.478 e. The number of fused-ring (bicyclic) bond motifs is 3. The van der Waals surface area contributed by atoms with E-state index in [2.05, 4.69) is 10.2 Å². The van der Waals surface area contributed by atoms with Crippen LogP contribution in [0.3, 0.4) is 0 Å². The van der Waals surface area contributed by atoms with E-state index in [9.17, 15) is 22.8 Å². The highest BCUT2D eigenvalue weighted by molar-refractivity contribution is 5.95. The van der Waals surface area contributed by atoms with E-state index in [-0.39, 0.29) is 11.4 Å². The van der Waals surface area contributed by atoms with Crippen molar-refractivity contribution in [3.8, 4) is 11.4 Å². The second-order valence-corrected chi connectivity index (χ2v) is 4.74. The van der Waals surface area contributed by atoms with E-state index < -0.39 is 18.1 Å². The lowest BCUT2D eigenvalue weighted by Crippen LogP contribution is -2.30. The van der Waals surface area contributed by atoms with Gasteiger partial charge in [-0.2, -0.15) is 18.3 Å². The zero-order valence-electron chi connectivity index (χ0n) is 10.9. The molecule has 3 rings (SSSR count). The minimum atomic E-state index is -5.00. The molecule has 0 atom stereocenters. The van der Waals surface area contributed by atoms with E-state index in [1.54, 1.807) is 9.88 Å². The van der Waals surface area contributed by atoms with Crippen molar-refractivity contribution in [2.24, 2.45) is 0 Å². The van der Waals surface area contributed by atoms with Gasteiger partial charge in [-0.25, -0.2) is 4.79 Å². The summed E-state index contributed by atoms with van der Waals surface area (Å²) in [6, 6.07) is 1.40. The van der Waals surface area contributed by atoms with Crippen LogP contribution in [0.4, 0.5) is 19.0 Å². The zero-order valence-corrected chi connectivity index (χ0v) is 10.9. The number of carbonyl (C=O) groups is 2. The molecule has 116 valence electrons. The first-order chi connectivity index (χ1) is 10.3. The van der Waals surface area contributed by atoms with Crippen LogP contribution in [0, 0.1) is 0 Å². The molecule has 0 fully saturated rings. The van der Waals surface area contributed by atoms with Crippen molar-refractivity contribution < 1.29 is 27.9 Å². The lowest BCUT2D eigenvalue weighted by Gasteiger charge is -2.16. The highest BCUT2D eigenvalue weighted by Gasteiger charge is 2.39. The number of alkyl halides is 3. The van der Waals surface area contributed by atoms with Crippen LogP contribution < -0.4 is 5.32 Å². The van der Waals surface area contributed by atoms with Gasteiger partial charge in [-0.3, -0.25) is 9.89 Å². The fourth-order valence-corrected chi connectivity index (χ4v) is 2.36. The number of halogens is 3. The molecule has 3 heterocycles. The van der Waals surface area contributed by atoms with Crippen LogP contribution in [-0.2, 0) is 17.8 Å². The van der Waals surface area contributed by atoms with Crippen LogP contribution in [0.5, 0.6) is 0 Å². The van der Waals surface area contributed by atoms with Gasteiger partial charge in [-0.05, 0) is 12.5 Å². The summed E-state index contributed by atoms with van der Waals surface area (Å²) in [5, 5.41) is 16.9. The molecule has 3 N–H and O–H groups in total. The van der Waals surface area contributed by atoms with Crippen LogP contribution >= 0.6 is 0 Å². The number of anilines is 1.